The van der Waals surface area contributed by atoms with Crippen molar-refractivity contribution in [2.75, 3.05) is 58.9 Å². The fourth-order valence-electron chi connectivity index (χ4n) is 4.22. The van der Waals surface area contributed by atoms with Gasteiger partial charge in [0.05, 0.1) is 16.3 Å². The second kappa shape index (κ2) is 10.6. The molecule has 2 saturated heterocycles. The van der Waals surface area contributed by atoms with Crippen molar-refractivity contribution in [3.63, 3.8) is 0 Å². The van der Waals surface area contributed by atoms with Gasteiger partial charge >= 0.3 is 0 Å². The Hall–Kier alpha value is -1.53. The summed E-state index contributed by atoms with van der Waals surface area (Å²) in [6.07, 6.45) is 2.32. The van der Waals surface area contributed by atoms with Gasteiger partial charge in [0.2, 0.25) is 26.0 Å². The van der Waals surface area contributed by atoms with Crippen molar-refractivity contribution in [1.82, 2.24) is 18.4 Å². The molecule has 1 aromatic carbocycles. The molecule has 2 fully saturated rings. The molecule has 2 aliphatic heterocycles. The van der Waals surface area contributed by atoms with E-state index in [2.05, 4.69) is 0 Å². The molecule has 9 nitrogen and oxygen atoms in total. The van der Waals surface area contributed by atoms with Crippen LogP contribution in [0.25, 0.3) is 0 Å². The molecule has 2 aliphatic rings. The lowest BCUT2D eigenvalue weighted by Gasteiger charge is -2.25. The number of carbonyl (C=O) groups excluding carboxylic acids is 1. The van der Waals surface area contributed by atoms with Crippen LogP contribution in [0.3, 0.4) is 0 Å². The summed E-state index contributed by atoms with van der Waals surface area (Å²) in [4.78, 5) is 16.4. The first kappa shape index (κ1) is 25.1. The Morgan fingerprint density at radius 2 is 1.22 bits per heavy atom. The molecular formula is C21H34N4O5S2. The van der Waals surface area contributed by atoms with Crippen molar-refractivity contribution in [2.45, 2.75) is 42.9 Å². The zero-order valence-corrected chi connectivity index (χ0v) is 20.6. The molecule has 0 saturated carbocycles. The number of rotatable bonds is 8. The third kappa shape index (κ3) is 5.51. The van der Waals surface area contributed by atoms with Crippen molar-refractivity contribution in [3.05, 3.63) is 24.3 Å². The number of benzene rings is 1. The molecule has 0 aromatic heterocycles. The summed E-state index contributed by atoms with van der Waals surface area (Å²) in [5, 5.41) is 0. The van der Waals surface area contributed by atoms with Gasteiger partial charge in [0.15, 0.2) is 0 Å². The number of hydrogen-bond acceptors (Lipinski definition) is 6. The van der Waals surface area contributed by atoms with E-state index in [4.69, 9.17) is 0 Å². The zero-order valence-electron chi connectivity index (χ0n) is 18.9. The number of amides is 1. The zero-order chi connectivity index (χ0) is 23.4. The predicted octanol–water partition coefficient (Wildman–Crippen LogP) is 1.04. The fraction of sp³-hybridized carbons (Fsp3) is 0.667. The van der Waals surface area contributed by atoms with E-state index in [0.717, 1.165) is 12.8 Å². The van der Waals surface area contributed by atoms with Crippen molar-refractivity contribution >= 4 is 26.0 Å². The lowest BCUT2D eigenvalue weighted by Crippen LogP contribution is -2.42. The minimum absolute atomic E-state index is 0.0566. The SMILES string of the molecule is CCN(CC)C(=O)CN1CCCN(S(=O)(=O)c2ccc(S(=O)(=O)N3CCCC3)cc2)CC1. The number of hydrogen-bond donors (Lipinski definition) is 0. The average molecular weight is 487 g/mol. The Morgan fingerprint density at radius 1 is 0.750 bits per heavy atom. The van der Waals surface area contributed by atoms with Gasteiger partial charge in [-0.1, -0.05) is 0 Å². The van der Waals surface area contributed by atoms with E-state index in [9.17, 15) is 21.6 Å². The van der Waals surface area contributed by atoms with Gasteiger partial charge in [0.25, 0.3) is 0 Å². The minimum Gasteiger partial charge on any atom is -0.342 e. The topological polar surface area (TPSA) is 98.3 Å². The lowest BCUT2D eigenvalue weighted by atomic mass is 10.3. The molecule has 3 rings (SSSR count). The molecule has 11 heteroatoms. The summed E-state index contributed by atoms with van der Waals surface area (Å²) in [5.41, 5.74) is 0. The van der Waals surface area contributed by atoms with Gasteiger partial charge in [-0.25, -0.2) is 16.8 Å². The number of carbonyl (C=O) groups is 1. The lowest BCUT2D eigenvalue weighted by molar-refractivity contribution is -0.132. The second-order valence-electron chi connectivity index (χ2n) is 8.18. The Morgan fingerprint density at radius 3 is 1.72 bits per heavy atom. The van der Waals surface area contributed by atoms with Crippen LogP contribution in [0.5, 0.6) is 0 Å². The van der Waals surface area contributed by atoms with Crippen LogP contribution in [0.2, 0.25) is 0 Å². The van der Waals surface area contributed by atoms with Crippen LogP contribution in [-0.2, 0) is 24.8 Å². The second-order valence-corrected chi connectivity index (χ2v) is 12.1. The summed E-state index contributed by atoms with van der Waals surface area (Å²) < 4.78 is 54.6. The maximum absolute atomic E-state index is 13.2. The van der Waals surface area contributed by atoms with Gasteiger partial charge in [-0.05, 0) is 63.9 Å². The van der Waals surface area contributed by atoms with Crippen molar-refractivity contribution in [1.29, 1.82) is 0 Å². The van der Waals surface area contributed by atoms with Crippen LogP contribution in [0.4, 0.5) is 0 Å². The Labute approximate surface area is 192 Å². The summed E-state index contributed by atoms with van der Waals surface area (Å²) in [6.45, 7) is 8.30. The quantitative estimate of drug-likeness (QED) is 0.545. The van der Waals surface area contributed by atoms with Gasteiger partial charge < -0.3 is 4.90 Å². The maximum Gasteiger partial charge on any atom is 0.243 e. The molecule has 0 unspecified atom stereocenters. The molecular weight excluding hydrogens is 452 g/mol. The van der Waals surface area contributed by atoms with Crippen molar-refractivity contribution < 1.29 is 21.6 Å². The Kier molecular flexibility index (Phi) is 8.31. The van der Waals surface area contributed by atoms with Gasteiger partial charge in [0.1, 0.15) is 0 Å². The van der Waals surface area contributed by atoms with E-state index in [1.165, 1.54) is 32.9 Å². The van der Waals surface area contributed by atoms with Gasteiger partial charge in [-0.3, -0.25) is 9.69 Å². The number of sulfonamides is 2. The van der Waals surface area contributed by atoms with Crippen molar-refractivity contribution in [2.24, 2.45) is 0 Å². The standard InChI is InChI=1S/C21H34N4O5S2/c1-3-23(4-2)21(26)18-22-12-7-15-25(17-16-22)32(29,30)20-10-8-19(9-11-20)31(27,28)24-13-5-6-14-24/h8-11H,3-7,12-18H2,1-2H3. The van der Waals surface area contributed by atoms with E-state index >= 15 is 0 Å². The number of nitrogens with zero attached hydrogens (tertiary/aromatic N) is 4. The molecule has 0 N–H and O–H groups in total. The number of likely N-dealkylation sites (N-methyl/N-ethyl adjacent to an activating group) is 1. The molecule has 180 valence electrons. The molecule has 0 aliphatic carbocycles. The summed E-state index contributed by atoms with van der Waals surface area (Å²) >= 11 is 0. The minimum atomic E-state index is -3.74. The molecule has 0 bridgehead atoms. The summed E-state index contributed by atoms with van der Waals surface area (Å²) in [6, 6.07) is 5.52. The van der Waals surface area contributed by atoms with Crippen LogP contribution in [0.15, 0.2) is 34.1 Å². The largest absolute Gasteiger partial charge is 0.342 e. The van der Waals surface area contributed by atoms with Crippen molar-refractivity contribution in [3.8, 4) is 0 Å². The van der Waals surface area contributed by atoms with Gasteiger partial charge in [-0.2, -0.15) is 8.61 Å². The van der Waals surface area contributed by atoms with Crippen LogP contribution < -0.4 is 0 Å². The van der Waals surface area contributed by atoms with E-state index in [1.807, 2.05) is 18.7 Å². The highest BCUT2D eigenvalue weighted by molar-refractivity contribution is 7.89. The molecule has 32 heavy (non-hydrogen) atoms. The van der Waals surface area contributed by atoms with E-state index in [0.29, 0.717) is 65.3 Å². The van der Waals surface area contributed by atoms with Gasteiger partial charge in [-0.15, -0.1) is 0 Å². The predicted molar refractivity (Wildman–Crippen MR) is 122 cm³/mol. The molecule has 0 spiro atoms. The molecule has 1 aromatic rings. The van der Waals surface area contributed by atoms with Crippen LogP contribution in [0, 0.1) is 0 Å². The Bertz CT molecular complexity index is 986. The van der Waals surface area contributed by atoms with E-state index in [-0.39, 0.29) is 15.7 Å². The van der Waals surface area contributed by atoms with Crippen LogP contribution in [0.1, 0.15) is 33.1 Å². The fourth-order valence-corrected chi connectivity index (χ4v) is 7.21. The highest BCUT2D eigenvalue weighted by Crippen LogP contribution is 2.24. The third-order valence-corrected chi connectivity index (χ3v) is 10.0. The summed E-state index contributed by atoms with van der Waals surface area (Å²) in [5.74, 6) is 0.0566. The summed E-state index contributed by atoms with van der Waals surface area (Å²) in [7, 11) is -7.32. The average Bonchev–Trinajstić information content (AvgIpc) is 3.23. The van der Waals surface area contributed by atoms with Gasteiger partial charge in [0, 0.05) is 45.8 Å². The molecule has 1 amide bonds. The third-order valence-electron chi connectivity index (χ3n) is 6.19. The first-order chi connectivity index (χ1) is 15.2. The maximum atomic E-state index is 13.2. The molecule has 2 heterocycles. The first-order valence-corrected chi connectivity index (χ1v) is 14.2. The monoisotopic (exact) mass is 486 g/mol. The molecule has 0 atom stereocenters. The highest BCUT2D eigenvalue weighted by Gasteiger charge is 2.30. The first-order valence-electron chi connectivity index (χ1n) is 11.3. The smallest absolute Gasteiger partial charge is 0.243 e. The Balaban J connectivity index is 1.67. The normalized spacial score (nSPS) is 19.7. The van der Waals surface area contributed by atoms with Crippen LogP contribution >= 0.6 is 0 Å². The highest BCUT2D eigenvalue weighted by atomic mass is 32.2. The van der Waals surface area contributed by atoms with E-state index in [1.54, 1.807) is 4.90 Å². The van der Waals surface area contributed by atoms with E-state index < -0.39 is 20.0 Å². The van der Waals surface area contributed by atoms with Crippen LogP contribution in [-0.4, -0.2) is 100 Å². The molecule has 0 radical (unpaired) electrons.